The Balaban J connectivity index is 2.64. The molecule has 0 N–H and O–H groups in total. The van der Waals surface area contributed by atoms with Gasteiger partial charge in [-0.05, 0) is 31.3 Å². The van der Waals surface area contributed by atoms with Gasteiger partial charge in [0.2, 0.25) is 0 Å². The number of hydrogen-bond donors (Lipinski definition) is 0. The van der Waals surface area contributed by atoms with Crippen molar-refractivity contribution in [1.29, 1.82) is 0 Å². The average molecular weight is 264 g/mol. The Morgan fingerprint density at radius 1 is 1.58 bits per heavy atom. The van der Waals surface area contributed by atoms with Crippen molar-refractivity contribution in [3.63, 3.8) is 0 Å². The molecular weight excluding hydrogens is 240 g/mol. The van der Waals surface area contributed by atoms with Crippen LogP contribution in [-0.2, 0) is 14.3 Å². The molecule has 106 valence electrons. The summed E-state index contributed by atoms with van der Waals surface area (Å²) in [6.07, 6.45) is 8.43. The van der Waals surface area contributed by atoms with Crippen molar-refractivity contribution in [2.45, 2.75) is 33.6 Å². The molecule has 1 unspecified atom stereocenters. The van der Waals surface area contributed by atoms with Gasteiger partial charge in [-0.3, -0.25) is 0 Å². The molecule has 19 heavy (non-hydrogen) atoms. The number of carbonyl (C=O) groups is 1. The van der Waals surface area contributed by atoms with E-state index in [2.05, 4.69) is 39.5 Å². The summed E-state index contributed by atoms with van der Waals surface area (Å²) in [4.78, 5) is 11.2. The summed E-state index contributed by atoms with van der Waals surface area (Å²) in [6, 6.07) is 0. The van der Waals surface area contributed by atoms with Gasteiger partial charge in [-0.1, -0.05) is 38.2 Å². The minimum Gasteiger partial charge on any atom is -0.425 e. The van der Waals surface area contributed by atoms with Crippen molar-refractivity contribution >= 4 is 5.97 Å². The van der Waals surface area contributed by atoms with E-state index in [-0.39, 0.29) is 12.0 Å². The molecule has 3 heteroatoms. The van der Waals surface area contributed by atoms with Crippen LogP contribution in [0, 0.1) is 11.3 Å². The number of esters is 1. The Labute approximate surface area is 116 Å². The summed E-state index contributed by atoms with van der Waals surface area (Å²) >= 11 is 0. The van der Waals surface area contributed by atoms with Crippen LogP contribution in [0.1, 0.15) is 33.6 Å². The minimum absolute atomic E-state index is 0.0548. The zero-order valence-electron chi connectivity index (χ0n) is 12.4. The van der Waals surface area contributed by atoms with Gasteiger partial charge in [0.15, 0.2) is 0 Å². The van der Waals surface area contributed by atoms with E-state index in [1.54, 1.807) is 6.08 Å². The highest BCUT2D eigenvalue weighted by molar-refractivity contribution is 5.72. The molecule has 1 atom stereocenters. The second kappa shape index (κ2) is 6.71. The lowest BCUT2D eigenvalue weighted by Gasteiger charge is -2.36. The second-order valence-corrected chi connectivity index (χ2v) is 5.69. The summed E-state index contributed by atoms with van der Waals surface area (Å²) in [5, 5.41) is 0. The standard InChI is InChI=1S/C16H24O3/c1-12-7-6-10-16(3,4)14(12)9-8-13(2)19-15(17)11-18-5/h7-9,14H,2,6,10-11H2,1,3-5H3/b9-8+. The van der Waals surface area contributed by atoms with Gasteiger partial charge < -0.3 is 9.47 Å². The van der Waals surface area contributed by atoms with E-state index in [4.69, 9.17) is 9.47 Å². The van der Waals surface area contributed by atoms with Crippen LogP contribution < -0.4 is 0 Å². The van der Waals surface area contributed by atoms with Crippen LogP contribution in [0.5, 0.6) is 0 Å². The van der Waals surface area contributed by atoms with Gasteiger partial charge in [-0.2, -0.15) is 0 Å². The number of methoxy groups -OCH3 is 1. The summed E-state index contributed by atoms with van der Waals surface area (Å²) < 4.78 is 9.72. The van der Waals surface area contributed by atoms with Crippen molar-refractivity contribution < 1.29 is 14.3 Å². The van der Waals surface area contributed by atoms with Crippen molar-refractivity contribution in [2.24, 2.45) is 11.3 Å². The Morgan fingerprint density at radius 3 is 2.84 bits per heavy atom. The van der Waals surface area contributed by atoms with Crippen molar-refractivity contribution in [3.05, 3.63) is 36.1 Å². The van der Waals surface area contributed by atoms with E-state index in [1.165, 1.54) is 12.7 Å². The van der Waals surface area contributed by atoms with Gasteiger partial charge >= 0.3 is 5.97 Å². The van der Waals surface area contributed by atoms with Gasteiger partial charge in [-0.25, -0.2) is 4.79 Å². The molecule has 0 heterocycles. The Bertz CT molecular complexity index is 402. The molecule has 3 nitrogen and oxygen atoms in total. The Morgan fingerprint density at radius 2 is 2.26 bits per heavy atom. The van der Waals surface area contributed by atoms with Gasteiger partial charge in [0.1, 0.15) is 12.4 Å². The molecule has 1 aliphatic carbocycles. The minimum atomic E-state index is -0.424. The molecule has 0 bridgehead atoms. The first-order valence-corrected chi connectivity index (χ1v) is 6.60. The first kappa shape index (κ1) is 15.7. The van der Waals surface area contributed by atoms with Gasteiger partial charge in [0.25, 0.3) is 0 Å². The summed E-state index contributed by atoms with van der Waals surface area (Å²) in [6.45, 7) is 10.3. The SMILES string of the molecule is C=C(/C=C/C1C(C)=CCCC1(C)C)OC(=O)COC. The topological polar surface area (TPSA) is 35.5 Å². The molecule has 0 aromatic carbocycles. The maximum atomic E-state index is 11.2. The predicted molar refractivity (Wildman–Crippen MR) is 76.5 cm³/mol. The van der Waals surface area contributed by atoms with Crippen LogP contribution in [0.2, 0.25) is 0 Å². The molecule has 1 rings (SSSR count). The van der Waals surface area contributed by atoms with Crippen LogP contribution in [-0.4, -0.2) is 19.7 Å². The van der Waals surface area contributed by atoms with Crippen molar-refractivity contribution in [2.75, 3.05) is 13.7 Å². The molecule has 0 spiro atoms. The Hall–Kier alpha value is -1.35. The average Bonchev–Trinajstić information content (AvgIpc) is 2.27. The van der Waals surface area contributed by atoms with E-state index in [1.807, 2.05) is 0 Å². The highest BCUT2D eigenvalue weighted by Gasteiger charge is 2.30. The number of ether oxygens (including phenoxy) is 2. The van der Waals surface area contributed by atoms with Crippen molar-refractivity contribution in [1.82, 2.24) is 0 Å². The molecule has 0 saturated carbocycles. The molecule has 0 fully saturated rings. The van der Waals surface area contributed by atoms with Crippen molar-refractivity contribution in [3.8, 4) is 0 Å². The maximum Gasteiger partial charge on any atom is 0.337 e. The highest BCUT2D eigenvalue weighted by Crippen LogP contribution is 2.41. The first-order valence-electron chi connectivity index (χ1n) is 6.60. The lowest BCUT2D eigenvalue weighted by atomic mass is 9.68. The zero-order valence-corrected chi connectivity index (χ0v) is 12.4. The summed E-state index contributed by atoms with van der Waals surface area (Å²) in [7, 11) is 1.46. The molecular formula is C16H24O3. The van der Waals surface area contributed by atoms with Crippen LogP contribution in [0.25, 0.3) is 0 Å². The fourth-order valence-electron chi connectivity index (χ4n) is 2.51. The van der Waals surface area contributed by atoms with E-state index in [0.29, 0.717) is 11.7 Å². The van der Waals surface area contributed by atoms with Gasteiger partial charge in [-0.15, -0.1) is 0 Å². The number of carbonyl (C=O) groups excluding carboxylic acids is 1. The largest absolute Gasteiger partial charge is 0.425 e. The molecule has 0 amide bonds. The third-order valence-corrected chi connectivity index (χ3v) is 3.57. The van der Waals surface area contributed by atoms with Crippen LogP contribution >= 0.6 is 0 Å². The molecule has 0 aromatic rings. The van der Waals surface area contributed by atoms with Crippen LogP contribution in [0.15, 0.2) is 36.1 Å². The smallest absolute Gasteiger partial charge is 0.337 e. The third-order valence-electron chi connectivity index (χ3n) is 3.57. The number of allylic oxidation sites excluding steroid dienone is 4. The summed E-state index contributed by atoms with van der Waals surface area (Å²) in [5.74, 6) is 0.294. The molecule has 0 saturated heterocycles. The molecule has 1 aliphatic rings. The lowest BCUT2D eigenvalue weighted by Crippen LogP contribution is -2.26. The van der Waals surface area contributed by atoms with Gasteiger partial charge in [0, 0.05) is 13.0 Å². The Kier molecular flexibility index (Phi) is 5.55. The number of rotatable bonds is 5. The fraction of sp³-hybridized carbons (Fsp3) is 0.562. The van der Waals surface area contributed by atoms with E-state index < -0.39 is 5.97 Å². The quantitative estimate of drug-likeness (QED) is 0.329. The molecule has 0 aromatic heterocycles. The van der Waals surface area contributed by atoms with E-state index in [9.17, 15) is 4.79 Å². The predicted octanol–water partition coefficient (Wildman–Crippen LogP) is 3.63. The lowest BCUT2D eigenvalue weighted by molar-refractivity contribution is -0.143. The van der Waals surface area contributed by atoms with E-state index >= 15 is 0 Å². The molecule has 0 radical (unpaired) electrons. The fourth-order valence-corrected chi connectivity index (χ4v) is 2.51. The first-order chi connectivity index (χ1) is 8.86. The van der Waals surface area contributed by atoms with Crippen LogP contribution in [0.4, 0.5) is 0 Å². The normalized spacial score (nSPS) is 22.1. The monoisotopic (exact) mass is 264 g/mol. The molecule has 0 aliphatic heterocycles. The maximum absolute atomic E-state index is 11.2. The number of hydrogen-bond acceptors (Lipinski definition) is 3. The zero-order chi connectivity index (χ0) is 14.5. The van der Waals surface area contributed by atoms with Gasteiger partial charge in [0.05, 0.1) is 0 Å². The second-order valence-electron chi connectivity index (χ2n) is 5.69. The van der Waals surface area contributed by atoms with E-state index in [0.717, 1.165) is 12.8 Å². The highest BCUT2D eigenvalue weighted by atomic mass is 16.6. The third kappa shape index (κ3) is 4.67. The van der Waals surface area contributed by atoms with Crippen LogP contribution in [0.3, 0.4) is 0 Å². The summed E-state index contributed by atoms with van der Waals surface area (Å²) in [5.41, 5.74) is 1.59.